The normalized spacial score (nSPS) is 14.9. The molecule has 0 spiro atoms. The summed E-state index contributed by atoms with van der Waals surface area (Å²) in [5.41, 5.74) is 5.29. The van der Waals surface area contributed by atoms with Crippen molar-refractivity contribution in [1.29, 1.82) is 0 Å². The molecule has 0 aliphatic carbocycles. The molecule has 7 nitrogen and oxygen atoms in total. The van der Waals surface area contributed by atoms with Crippen LogP contribution in [0.1, 0.15) is 29.3 Å². The van der Waals surface area contributed by atoms with E-state index in [0.29, 0.717) is 5.82 Å². The number of aryl methyl sites for hydroxylation is 3. The lowest BCUT2D eigenvalue weighted by Crippen LogP contribution is -2.24. The second-order valence-electron chi connectivity index (χ2n) is 7.56. The molecule has 2 amide bonds. The van der Waals surface area contributed by atoms with Crippen LogP contribution in [0.4, 0.5) is 11.5 Å². The highest BCUT2D eigenvalue weighted by molar-refractivity contribution is 6.04. The second kappa shape index (κ2) is 7.67. The Morgan fingerprint density at radius 3 is 2.77 bits per heavy atom. The summed E-state index contributed by atoms with van der Waals surface area (Å²) in [6.45, 7) is 5.80. The van der Waals surface area contributed by atoms with Crippen LogP contribution < -0.4 is 15.4 Å². The van der Waals surface area contributed by atoms with Crippen LogP contribution in [0, 0.1) is 20.8 Å². The molecule has 0 saturated carbocycles. The van der Waals surface area contributed by atoms with E-state index in [9.17, 15) is 9.59 Å². The second-order valence-corrected chi connectivity index (χ2v) is 7.56. The lowest BCUT2D eigenvalue weighted by atomic mass is 10.1. The molecule has 1 unspecified atom stereocenters. The number of carbonyl (C=O) groups is 2. The topological polar surface area (TPSA) is 85.2 Å². The summed E-state index contributed by atoms with van der Waals surface area (Å²) in [6.07, 6.45) is 0.00485. The summed E-state index contributed by atoms with van der Waals surface area (Å²) < 4.78 is 6.93. The van der Waals surface area contributed by atoms with Gasteiger partial charge in [0.05, 0.1) is 19.2 Å². The van der Waals surface area contributed by atoms with Gasteiger partial charge in [0.2, 0.25) is 5.91 Å². The molecule has 1 aliphatic heterocycles. The van der Waals surface area contributed by atoms with E-state index in [0.717, 1.165) is 39.4 Å². The smallest absolute Gasteiger partial charge is 0.251 e. The molecule has 1 aliphatic rings. The zero-order valence-electron chi connectivity index (χ0n) is 17.4. The van der Waals surface area contributed by atoms with Crippen molar-refractivity contribution in [1.82, 2.24) is 9.78 Å². The molecular formula is C23H24N4O3. The molecule has 3 aromatic rings. The van der Waals surface area contributed by atoms with Crippen LogP contribution in [0.15, 0.2) is 42.5 Å². The molecule has 4 rings (SSSR count). The first-order valence-electron chi connectivity index (χ1n) is 9.79. The van der Waals surface area contributed by atoms with Gasteiger partial charge >= 0.3 is 0 Å². The molecule has 1 aromatic heterocycles. The molecule has 7 heteroatoms. The molecule has 2 aromatic carbocycles. The van der Waals surface area contributed by atoms with E-state index in [-0.39, 0.29) is 18.2 Å². The van der Waals surface area contributed by atoms with Crippen molar-refractivity contribution in [3.63, 3.8) is 0 Å². The fraction of sp³-hybridized carbons (Fsp3) is 0.261. The van der Waals surface area contributed by atoms with Crippen molar-refractivity contribution in [3.05, 3.63) is 59.3 Å². The Morgan fingerprint density at radius 1 is 1.20 bits per heavy atom. The number of aromatic nitrogens is 2. The molecule has 2 heterocycles. The highest BCUT2D eigenvalue weighted by Gasteiger charge is 2.36. The average molecular weight is 404 g/mol. The Balaban J connectivity index is 1.60. The van der Waals surface area contributed by atoms with E-state index >= 15 is 0 Å². The van der Waals surface area contributed by atoms with E-state index in [1.165, 1.54) is 0 Å². The van der Waals surface area contributed by atoms with Crippen LogP contribution in [-0.2, 0) is 9.59 Å². The Labute approximate surface area is 175 Å². The molecule has 1 atom stereocenters. The number of amides is 2. The van der Waals surface area contributed by atoms with E-state index in [4.69, 9.17) is 4.74 Å². The number of rotatable bonds is 5. The molecule has 154 valence electrons. The fourth-order valence-electron chi connectivity index (χ4n) is 3.75. The standard InChI is InChI=1S/C23H24N4O3/c1-13-8-9-14(2)18(10-13)24-20(28)12-19-23(29)25-22-21(15(3)26-27(19)22)16-6-5-7-17(11-16)30-4/h5-11,19H,12H2,1-4H3,(H,24,28)(H,25,29). The number of ether oxygens (including phenoxy) is 1. The Hall–Kier alpha value is -3.61. The highest BCUT2D eigenvalue weighted by atomic mass is 16.5. The Morgan fingerprint density at radius 2 is 2.00 bits per heavy atom. The van der Waals surface area contributed by atoms with Crippen LogP contribution in [-0.4, -0.2) is 28.7 Å². The van der Waals surface area contributed by atoms with Crippen LogP contribution in [0.2, 0.25) is 0 Å². The van der Waals surface area contributed by atoms with Crippen molar-refractivity contribution in [2.45, 2.75) is 33.2 Å². The van der Waals surface area contributed by atoms with Crippen LogP contribution >= 0.6 is 0 Å². The molecule has 0 fully saturated rings. The number of benzene rings is 2. The Kier molecular flexibility index (Phi) is 5.03. The maximum atomic E-state index is 12.7. The Bertz CT molecular complexity index is 1150. The lowest BCUT2D eigenvalue weighted by Gasteiger charge is -2.12. The SMILES string of the molecule is COc1cccc(-c2c(C)nn3c2NC(=O)C3CC(=O)Nc2cc(C)ccc2C)c1. The van der Waals surface area contributed by atoms with E-state index in [1.54, 1.807) is 11.8 Å². The summed E-state index contributed by atoms with van der Waals surface area (Å²) in [5, 5.41) is 10.4. The number of nitrogens with one attached hydrogen (secondary N) is 2. The summed E-state index contributed by atoms with van der Waals surface area (Å²) in [5.74, 6) is 0.862. The monoisotopic (exact) mass is 404 g/mol. The van der Waals surface area contributed by atoms with Gasteiger partial charge in [-0.15, -0.1) is 0 Å². The zero-order valence-corrected chi connectivity index (χ0v) is 17.4. The third-order valence-corrected chi connectivity index (χ3v) is 5.33. The summed E-state index contributed by atoms with van der Waals surface area (Å²) in [7, 11) is 1.61. The van der Waals surface area contributed by atoms with Crippen LogP contribution in [0.3, 0.4) is 0 Å². The zero-order chi connectivity index (χ0) is 21.4. The first-order chi connectivity index (χ1) is 14.4. The van der Waals surface area contributed by atoms with E-state index < -0.39 is 6.04 Å². The first kappa shape index (κ1) is 19.7. The third-order valence-electron chi connectivity index (χ3n) is 5.33. The number of nitrogens with zero attached hydrogens (tertiary/aromatic N) is 2. The van der Waals surface area contributed by atoms with Gasteiger partial charge in [0.25, 0.3) is 5.91 Å². The van der Waals surface area contributed by atoms with Gasteiger partial charge in [-0.1, -0.05) is 24.3 Å². The van der Waals surface area contributed by atoms with Gasteiger partial charge in [0.1, 0.15) is 17.6 Å². The average Bonchev–Trinajstić information content (AvgIpc) is 3.18. The molecular weight excluding hydrogens is 380 g/mol. The number of fused-ring (bicyclic) bond motifs is 1. The number of methoxy groups -OCH3 is 1. The lowest BCUT2D eigenvalue weighted by molar-refractivity contribution is -0.123. The van der Waals surface area contributed by atoms with Crippen LogP contribution in [0.25, 0.3) is 11.1 Å². The predicted molar refractivity (Wildman–Crippen MR) is 116 cm³/mol. The van der Waals surface area contributed by atoms with Crippen molar-refractivity contribution in [2.75, 3.05) is 17.7 Å². The van der Waals surface area contributed by atoms with Crippen molar-refractivity contribution >= 4 is 23.3 Å². The quantitative estimate of drug-likeness (QED) is 0.673. The van der Waals surface area contributed by atoms with Gasteiger partial charge in [-0.2, -0.15) is 5.10 Å². The van der Waals surface area contributed by atoms with Gasteiger partial charge < -0.3 is 15.4 Å². The maximum absolute atomic E-state index is 12.7. The van der Waals surface area contributed by atoms with Crippen molar-refractivity contribution in [3.8, 4) is 16.9 Å². The molecule has 0 saturated heterocycles. The van der Waals surface area contributed by atoms with Gasteiger partial charge in [-0.25, -0.2) is 4.68 Å². The summed E-state index contributed by atoms with van der Waals surface area (Å²) in [6, 6.07) is 12.8. The molecule has 2 N–H and O–H groups in total. The summed E-state index contributed by atoms with van der Waals surface area (Å²) >= 11 is 0. The highest BCUT2D eigenvalue weighted by Crippen LogP contribution is 2.39. The molecule has 0 bridgehead atoms. The predicted octanol–water partition coefficient (Wildman–Crippen LogP) is 4.01. The fourth-order valence-corrected chi connectivity index (χ4v) is 3.75. The van der Waals surface area contributed by atoms with Crippen molar-refractivity contribution < 1.29 is 14.3 Å². The van der Waals surface area contributed by atoms with E-state index in [1.807, 2.05) is 63.2 Å². The number of carbonyl (C=O) groups excluding carboxylic acids is 2. The van der Waals surface area contributed by atoms with Gasteiger partial charge in [0, 0.05) is 11.3 Å². The van der Waals surface area contributed by atoms with Gasteiger partial charge in [0.15, 0.2) is 0 Å². The van der Waals surface area contributed by atoms with E-state index in [2.05, 4.69) is 15.7 Å². The first-order valence-corrected chi connectivity index (χ1v) is 9.79. The molecule has 30 heavy (non-hydrogen) atoms. The maximum Gasteiger partial charge on any atom is 0.251 e. The number of hydrogen-bond acceptors (Lipinski definition) is 4. The third kappa shape index (κ3) is 3.54. The minimum atomic E-state index is -0.692. The van der Waals surface area contributed by atoms with Crippen molar-refractivity contribution in [2.24, 2.45) is 0 Å². The number of anilines is 2. The molecule has 0 radical (unpaired) electrons. The largest absolute Gasteiger partial charge is 0.497 e. The van der Waals surface area contributed by atoms with Crippen LogP contribution in [0.5, 0.6) is 5.75 Å². The van der Waals surface area contributed by atoms with Gasteiger partial charge in [-0.3, -0.25) is 9.59 Å². The minimum absolute atomic E-state index is 0.00485. The van der Waals surface area contributed by atoms with Gasteiger partial charge in [-0.05, 0) is 55.7 Å². The number of hydrogen-bond donors (Lipinski definition) is 2. The minimum Gasteiger partial charge on any atom is -0.497 e. The summed E-state index contributed by atoms with van der Waals surface area (Å²) in [4.78, 5) is 25.3.